The summed E-state index contributed by atoms with van der Waals surface area (Å²) in [6, 6.07) is 16.3. The van der Waals surface area contributed by atoms with E-state index >= 15 is 0 Å². The van der Waals surface area contributed by atoms with E-state index in [9.17, 15) is 14.4 Å². The predicted molar refractivity (Wildman–Crippen MR) is 140 cm³/mol. The number of hydrogen-bond donors (Lipinski definition) is 2. The Bertz CT molecular complexity index is 1390. The van der Waals surface area contributed by atoms with Crippen LogP contribution < -0.4 is 15.5 Å². The van der Waals surface area contributed by atoms with Gasteiger partial charge in [-0.2, -0.15) is 0 Å². The Balaban J connectivity index is 1.77. The van der Waals surface area contributed by atoms with Gasteiger partial charge in [-0.25, -0.2) is 4.68 Å². The molecule has 10 heteroatoms. The van der Waals surface area contributed by atoms with Crippen molar-refractivity contribution in [1.29, 1.82) is 0 Å². The number of fused-ring (bicyclic) bond motifs is 1. The topological polar surface area (TPSA) is 122 Å². The van der Waals surface area contributed by atoms with Crippen LogP contribution in [0.5, 0.6) is 0 Å². The first kappa shape index (κ1) is 25.6. The van der Waals surface area contributed by atoms with Crippen molar-refractivity contribution < 1.29 is 18.8 Å². The summed E-state index contributed by atoms with van der Waals surface area (Å²) >= 11 is 0. The van der Waals surface area contributed by atoms with Crippen LogP contribution in [0.1, 0.15) is 45.9 Å². The van der Waals surface area contributed by atoms with Crippen molar-refractivity contribution in [2.75, 3.05) is 10.2 Å². The van der Waals surface area contributed by atoms with Crippen molar-refractivity contribution in [1.82, 2.24) is 20.3 Å². The van der Waals surface area contributed by atoms with Crippen LogP contribution >= 0.6 is 0 Å². The number of benzene rings is 2. The smallest absolute Gasteiger partial charge is 0.251 e. The number of rotatable bonds is 9. The number of anilines is 2. The summed E-state index contributed by atoms with van der Waals surface area (Å²) in [5.41, 5.74) is 1.87. The van der Waals surface area contributed by atoms with Gasteiger partial charge < -0.3 is 15.1 Å². The van der Waals surface area contributed by atoms with E-state index in [1.54, 1.807) is 36.4 Å². The zero-order valence-electron chi connectivity index (χ0n) is 21.3. The summed E-state index contributed by atoms with van der Waals surface area (Å²) < 4.78 is 7.16. The molecule has 2 aromatic heterocycles. The fraction of sp³-hybridized carbons (Fsp3) is 0.296. The molecule has 0 aliphatic carbocycles. The van der Waals surface area contributed by atoms with Crippen molar-refractivity contribution in [3.8, 4) is 0 Å². The molecule has 4 aromatic rings. The molecule has 0 unspecified atom stereocenters. The molecule has 1 atom stereocenters. The Labute approximate surface area is 214 Å². The standard InChI is InChI=1S/C27H30N6O4/c1-5-27(3,4)29-26(36)25(23-11-8-16-37-23)33(20-14-12-19(13-15-20)28-18(2)34)24(35)17-32-22-10-7-6-9-21(22)30-31-32/h6-16,25H,5,17H2,1-4H3,(H,28,34)(H,29,36)/t25-/m0/s1. The van der Waals surface area contributed by atoms with Crippen molar-refractivity contribution in [3.63, 3.8) is 0 Å². The molecule has 0 aliphatic rings. The number of para-hydroxylation sites is 1. The molecule has 4 rings (SSSR count). The quantitative estimate of drug-likeness (QED) is 0.356. The van der Waals surface area contributed by atoms with Crippen molar-refractivity contribution in [3.05, 3.63) is 72.7 Å². The molecule has 0 bridgehead atoms. The van der Waals surface area contributed by atoms with Crippen molar-refractivity contribution >= 4 is 40.1 Å². The maximum Gasteiger partial charge on any atom is 0.251 e. The lowest BCUT2D eigenvalue weighted by Gasteiger charge is -2.33. The summed E-state index contributed by atoms with van der Waals surface area (Å²) in [6.07, 6.45) is 2.15. The van der Waals surface area contributed by atoms with Crippen LogP contribution in [0.15, 0.2) is 71.3 Å². The number of hydrogen-bond acceptors (Lipinski definition) is 6. The van der Waals surface area contributed by atoms with Crippen molar-refractivity contribution in [2.24, 2.45) is 0 Å². The molecule has 37 heavy (non-hydrogen) atoms. The Morgan fingerprint density at radius 2 is 1.78 bits per heavy atom. The minimum Gasteiger partial charge on any atom is -0.467 e. The highest BCUT2D eigenvalue weighted by Crippen LogP contribution is 2.31. The zero-order chi connectivity index (χ0) is 26.6. The summed E-state index contributed by atoms with van der Waals surface area (Å²) in [6.45, 7) is 7.07. The molecule has 0 saturated heterocycles. The molecule has 0 aliphatic heterocycles. The fourth-order valence-electron chi connectivity index (χ4n) is 3.89. The third-order valence-electron chi connectivity index (χ3n) is 6.10. The van der Waals surface area contributed by atoms with E-state index in [0.29, 0.717) is 34.6 Å². The van der Waals surface area contributed by atoms with Gasteiger partial charge in [0.2, 0.25) is 11.8 Å². The Morgan fingerprint density at radius 3 is 2.43 bits per heavy atom. The number of nitrogens with zero attached hydrogens (tertiary/aromatic N) is 4. The van der Waals surface area contributed by atoms with E-state index in [2.05, 4.69) is 20.9 Å². The summed E-state index contributed by atoms with van der Waals surface area (Å²) in [5.74, 6) is -0.682. The highest BCUT2D eigenvalue weighted by molar-refractivity contribution is 6.01. The van der Waals surface area contributed by atoms with Crippen LogP contribution in [-0.4, -0.2) is 38.3 Å². The van der Waals surface area contributed by atoms with Gasteiger partial charge in [0.05, 0.1) is 11.8 Å². The van der Waals surface area contributed by atoms with E-state index in [4.69, 9.17) is 4.42 Å². The highest BCUT2D eigenvalue weighted by atomic mass is 16.3. The third-order valence-corrected chi connectivity index (χ3v) is 6.10. The maximum absolute atomic E-state index is 13.9. The monoisotopic (exact) mass is 502 g/mol. The number of carbonyl (C=O) groups excluding carboxylic acids is 3. The Hall–Kier alpha value is -4.47. The van der Waals surface area contributed by atoms with Gasteiger partial charge in [0.15, 0.2) is 6.04 Å². The lowest BCUT2D eigenvalue weighted by atomic mass is 10.0. The van der Waals surface area contributed by atoms with Crippen LogP contribution in [0.2, 0.25) is 0 Å². The molecule has 0 saturated carbocycles. The molecule has 0 radical (unpaired) electrons. The van der Waals surface area contributed by atoms with Gasteiger partial charge in [-0.15, -0.1) is 5.10 Å². The fourth-order valence-corrected chi connectivity index (χ4v) is 3.89. The number of furan rings is 1. The lowest BCUT2D eigenvalue weighted by molar-refractivity contribution is -0.128. The lowest BCUT2D eigenvalue weighted by Crippen LogP contribution is -2.51. The summed E-state index contributed by atoms with van der Waals surface area (Å²) in [7, 11) is 0. The SMILES string of the molecule is CCC(C)(C)NC(=O)[C@H](c1ccco1)N(C(=O)Cn1nnc2ccccc21)c1ccc(NC(C)=O)cc1. The molecule has 3 amide bonds. The first-order valence-electron chi connectivity index (χ1n) is 12.0. The highest BCUT2D eigenvalue weighted by Gasteiger charge is 2.37. The number of aromatic nitrogens is 3. The maximum atomic E-state index is 13.9. The molecule has 10 nitrogen and oxygen atoms in total. The van der Waals surface area contributed by atoms with Crippen molar-refractivity contribution in [2.45, 2.75) is 52.2 Å². The molecule has 2 heterocycles. The molecule has 192 valence electrons. The molecular formula is C27H30N6O4. The normalized spacial score (nSPS) is 12.2. The molecule has 0 fully saturated rings. The summed E-state index contributed by atoms with van der Waals surface area (Å²) in [4.78, 5) is 40.5. The first-order valence-corrected chi connectivity index (χ1v) is 12.0. The van der Waals surface area contributed by atoms with Crippen LogP contribution in [0.4, 0.5) is 11.4 Å². The zero-order valence-corrected chi connectivity index (χ0v) is 21.3. The molecule has 0 spiro atoms. The second kappa shape index (κ2) is 10.7. The molecular weight excluding hydrogens is 472 g/mol. The average molecular weight is 503 g/mol. The van der Waals surface area contributed by atoms with Gasteiger partial charge in [0, 0.05) is 23.8 Å². The van der Waals surface area contributed by atoms with Gasteiger partial charge in [-0.3, -0.25) is 19.3 Å². The number of amides is 3. The Morgan fingerprint density at radius 1 is 1.05 bits per heavy atom. The van der Waals surface area contributed by atoms with Crippen LogP contribution in [0.25, 0.3) is 11.0 Å². The van der Waals surface area contributed by atoms with E-state index in [-0.39, 0.29) is 18.4 Å². The second-order valence-corrected chi connectivity index (χ2v) is 9.37. The van der Waals surface area contributed by atoms with Crippen LogP contribution in [-0.2, 0) is 20.9 Å². The minimum atomic E-state index is -1.09. The third kappa shape index (κ3) is 5.85. The largest absolute Gasteiger partial charge is 0.467 e. The van der Waals surface area contributed by atoms with E-state index in [0.717, 1.165) is 0 Å². The number of nitrogens with one attached hydrogen (secondary N) is 2. The minimum absolute atomic E-state index is 0.157. The first-order chi connectivity index (χ1) is 17.7. The van der Waals surface area contributed by atoms with Gasteiger partial charge in [0.1, 0.15) is 17.8 Å². The van der Waals surface area contributed by atoms with Gasteiger partial charge in [-0.1, -0.05) is 24.3 Å². The second-order valence-electron chi connectivity index (χ2n) is 9.37. The van der Waals surface area contributed by atoms with Crippen LogP contribution in [0.3, 0.4) is 0 Å². The predicted octanol–water partition coefficient (Wildman–Crippen LogP) is 4.06. The van der Waals surface area contributed by atoms with E-state index < -0.39 is 17.5 Å². The van der Waals surface area contributed by atoms with Gasteiger partial charge in [0.25, 0.3) is 5.91 Å². The number of carbonyl (C=O) groups is 3. The van der Waals surface area contributed by atoms with E-state index in [1.807, 2.05) is 45.0 Å². The average Bonchev–Trinajstić information content (AvgIpc) is 3.53. The van der Waals surface area contributed by atoms with Crippen LogP contribution in [0, 0.1) is 0 Å². The van der Waals surface area contributed by atoms with Gasteiger partial charge >= 0.3 is 0 Å². The Kier molecular flexibility index (Phi) is 7.37. The molecule has 2 N–H and O–H groups in total. The van der Waals surface area contributed by atoms with E-state index in [1.165, 1.54) is 22.8 Å². The van der Waals surface area contributed by atoms with Gasteiger partial charge in [-0.05, 0) is 68.8 Å². The molecule has 2 aromatic carbocycles. The summed E-state index contributed by atoms with van der Waals surface area (Å²) in [5, 5.41) is 14.0.